The molecule has 0 bridgehead atoms. The standard InChI is InChI=1S/C18H28N4O/c1-3-19-18(20-12-15-10-11-15)21-13-17(23)22(4-2)14-16-8-6-5-7-9-16/h5-9,15H,3-4,10-14H2,1-2H3,(H2,19,20,21). The average Bonchev–Trinajstić information content (AvgIpc) is 3.40. The fourth-order valence-electron chi connectivity index (χ4n) is 2.33. The largest absolute Gasteiger partial charge is 0.357 e. The Morgan fingerprint density at radius 3 is 2.57 bits per heavy atom. The van der Waals surface area contributed by atoms with Crippen LogP contribution in [0.3, 0.4) is 0 Å². The van der Waals surface area contributed by atoms with Gasteiger partial charge >= 0.3 is 0 Å². The van der Waals surface area contributed by atoms with E-state index >= 15 is 0 Å². The monoisotopic (exact) mass is 316 g/mol. The van der Waals surface area contributed by atoms with E-state index in [2.05, 4.69) is 15.6 Å². The Labute approximate surface area is 139 Å². The number of aliphatic imine (C=N–C) groups is 1. The highest BCUT2D eigenvalue weighted by molar-refractivity contribution is 5.85. The summed E-state index contributed by atoms with van der Waals surface area (Å²) < 4.78 is 0. The smallest absolute Gasteiger partial charge is 0.244 e. The molecular weight excluding hydrogens is 288 g/mol. The molecule has 0 unspecified atom stereocenters. The van der Waals surface area contributed by atoms with Gasteiger partial charge in [-0.05, 0) is 38.2 Å². The first-order valence-electron chi connectivity index (χ1n) is 8.56. The first kappa shape index (κ1) is 17.3. The zero-order chi connectivity index (χ0) is 16.5. The zero-order valence-corrected chi connectivity index (χ0v) is 14.2. The topological polar surface area (TPSA) is 56.7 Å². The molecule has 5 nitrogen and oxygen atoms in total. The summed E-state index contributed by atoms with van der Waals surface area (Å²) in [6.07, 6.45) is 2.60. The second-order valence-electron chi connectivity index (χ2n) is 5.91. The Morgan fingerprint density at radius 1 is 1.22 bits per heavy atom. The van der Waals surface area contributed by atoms with Gasteiger partial charge in [0.1, 0.15) is 6.54 Å². The highest BCUT2D eigenvalue weighted by Crippen LogP contribution is 2.27. The van der Waals surface area contributed by atoms with Crippen LogP contribution >= 0.6 is 0 Å². The first-order valence-corrected chi connectivity index (χ1v) is 8.56. The first-order chi connectivity index (χ1) is 11.2. The van der Waals surface area contributed by atoms with Crippen molar-refractivity contribution in [2.24, 2.45) is 10.9 Å². The number of benzene rings is 1. The molecule has 1 aliphatic rings. The molecule has 2 N–H and O–H groups in total. The second-order valence-corrected chi connectivity index (χ2v) is 5.91. The van der Waals surface area contributed by atoms with Gasteiger partial charge in [-0.1, -0.05) is 30.3 Å². The maximum atomic E-state index is 12.4. The number of hydrogen-bond acceptors (Lipinski definition) is 2. The molecule has 1 aliphatic carbocycles. The lowest BCUT2D eigenvalue weighted by atomic mass is 10.2. The Balaban J connectivity index is 1.86. The summed E-state index contributed by atoms with van der Waals surface area (Å²) in [7, 11) is 0. The summed E-state index contributed by atoms with van der Waals surface area (Å²) in [5, 5.41) is 6.51. The molecular formula is C18H28N4O. The van der Waals surface area contributed by atoms with Crippen molar-refractivity contribution in [1.29, 1.82) is 0 Å². The molecule has 0 aliphatic heterocycles. The summed E-state index contributed by atoms with van der Waals surface area (Å²) in [6.45, 7) is 7.28. The van der Waals surface area contributed by atoms with Gasteiger partial charge in [0.05, 0.1) is 0 Å². The molecule has 0 radical (unpaired) electrons. The molecule has 0 atom stereocenters. The third-order valence-electron chi connectivity index (χ3n) is 3.92. The number of carbonyl (C=O) groups is 1. The van der Waals surface area contributed by atoms with Gasteiger partial charge in [-0.3, -0.25) is 4.79 Å². The van der Waals surface area contributed by atoms with Crippen LogP contribution in [0.25, 0.3) is 0 Å². The van der Waals surface area contributed by atoms with Crippen molar-refractivity contribution in [1.82, 2.24) is 15.5 Å². The summed E-state index contributed by atoms with van der Waals surface area (Å²) >= 11 is 0. The van der Waals surface area contributed by atoms with E-state index in [1.54, 1.807) is 0 Å². The average molecular weight is 316 g/mol. The van der Waals surface area contributed by atoms with E-state index in [1.807, 2.05) is 49.1 Å². The molecule has 1 aromatic carbocycles. The normalized spacial score (nSPS) is 14.4. The highest BCUT2D eigenvalue weighted by atomic mass is 16.2. The van der Waals surface area contributed by atoms with Gasteiger partial charge in [0.15, 0.2) is 5.96 Å². The summed E-state index contributed by atoms with van der Waals surface area (Å²) in [4.78, 5) is 18.7. The minimum absolute atomic E-state index is 0.0555. The second kappa shape index (κ2) is 9.18. The number of amides is 1. The maximum absolute atomic E-state index is 12.4. The van der Waals surface area contributed by atoms with Crippen LogP contribution in [0.15, 0.2) is 35.3 Å². The van der Waals surface area contributed by atoms with Crippen molar-refractivity contribution in [3.05, 3.63) is 35.9 Å². The molecule has 0 aromatic heterocycles. The van der Waals surface area contributed by atoms with Gasteiger partial charge in [0.2, 0.25) is 5.91 Å². The number of guanidine groups is 1. The summed E-state index contributed by atoms with van der Waals surface area (Å²) in [5.74, 6) is 1.57. The Bertz CT molecular complexity index is 511. The molecule has 5 heteroatoms. The lowest BCUT2D eigenvalue weighted by molar-refractivity contribution is -0.130. The van der Waals surface area contributed by atoms with Gasteiger partial charge in [-0.25, -0.2) is 4.99 Å². The van der Waals surface area contributed by atoms with E-state index in [4.69, 9.17) is 0 Å². The minimum Gasteiger partial charge on any atom is -0.357 e. The summed E-state index contributed by atoms with van der Waals surface area (Å²) in [6, 6.07) is 10.1. The Morgan fingerprint density at radius 2 is 1.96 bits per heavy atom. The van der Waals surface area contributed by atoms with Gasteiger partial charge < -0.3 is 15.5 Å². The van der Waals surface area contributed by atoms with Crippen molar-refractivity contribution in [3.63, 3.8) is 0 Å². The van der Waals surface area contributed by atoms with E-state index in [1.165, 1.54) is 12.8 Å². The predicted molar refractivity (Wildman–Crippen MR) is 94.2 cm³/mol. The number of rotatable bonds is 8. The molecule has 0 spiro atoms. The zero-order valence-electron chi connectivity index (χ0n) is 14.2. The SMILES string of the molecule is CCNC(=NCC(=O)N(CC)Cc1ccccc1)NCC1CC1. The summed E-state index contributed by atoms with van der Waals surface area (Å²) in [5.41, 5.74) is 1.14. The lowest BCUT2D eigenvalue weighted by Gasteiger charge is -2.20. The molecule has 126 valence electrons. The van der Waals surface area contributed by atoms with Crippen molar-refractivity contribution in [2.75, 3.05) is 26.2 Å². The molecule has 0 heterocycles. The molecule has 1 fully saturated rings. The van der Waals surface area contributed by atoms with Gasteiger partial charge in [0.25, 0.3) is 0 Å². The fraction of sp³-hybridized carbons (Fsp3) is 0.556. The molecule has 1 aromatic rings. The fourth-order valence-corrected chi connectivity index (χ4v) is 2.33. The molecule has 1 amide bonds. The number of hydrogen-bond donors (Lipinski definition) is 2. The van der Waals surface area contributed by atoms with Crippen molar-refractivity contribution in [2.45, 2.75) is 33.2 Å². The van der Waals surface area contributed by atoms with Gasteiger partial charge in [-0.2, -0.15) is 0 Å². The van der Waals surface area contributed by atoms with Crippen LogP contribution in [0.4, 0.5) is 0 Å². The third-order valence-corrected chi connectivity index (χ3v) is 3.92. The van der Waals surface area contributed by atoms with Crippen molar-refractivity contribution >= 4 is 11.9 Å². The Kier molecular flexibility index (Phi) is 6.91. The number of likely N-dealkylation sites (N-methyl/N-ethyl adjacent to an activating group) is 1. The predicted octanol–water partition coefficient (Wildman–Crippen LogP) is 2.00. The lowest BCUT2D eigenvalue weighted by Crippen LogP contribution is -2.40. The molecule has 0 saturated heterocycles. The minimum atomic E-state index is 0.0555. The maximum Gasteiger partial charge on any atom is 0.244 e. The van der Waals surface area contributed by atoms with Gasteiger partial charge in [0, 0.05) is 26.2 Å². The van der Waals surface area contributed by atoms with Crippen LogP contribution in [0.1, 0.15) is 32.3 Å². The van der Waals surface area contributed by atoms with Crippen LogP contribution in [0.5, 0.6) is 0 Å². The van der Waals surface area contributed by atoms with E-state index in [0.717, 1.165) is 30.5 Å². The quantitative estimate of drug-likeness (QED) is 0.570. The van der Waals surface area contributed by atoms with Gasteiger partial charge in [-0.15, -0.1) is 0 Å². The molecule has 1 saturated carbocycles. The van der Waals surface area contributed by atoms with E-state index in [0.29, 0.717) is 13.1 Å². The number of nitrogens with zero attached hydrogens (tertiary/aromatic N) is 2. The van der Waals surface area contributed by atoms with Crippen LogP contribution in [0, 0.1) is 5.92 Å². The van der Waals surface area contributed by atoms with E-state index in [9.17, 15) is 4.79 Å². The number of carbonyl (C=O) groups excluding carboxylic acids is 1. The molecule has 23 heavy (non-hydrogen) atoms. The van der Waals surface area contributed by atoms with Crippen LogP contribution < -0.4 is 10.6 Å². The third kappa shape index (κ3) is 6.30. The van der Waals surface area contributed by atoms with E-state index < -0.39 is 0 Å². The highest BCUT2D eigenvalue weighted by Gasteiger charge is 2.21. The van der Waals surface area contributed by atoms with Crippen molar-refractivity contribution < 1.29 is 4.79 Å². The van der Waals surface area contributed by atoms with E-state index in [-0.39, 0.29) is 12.5 Å². The van der Waals surface area contributed by atoms with Crippen LogP contribution in [-0.2, 0) is 11.3 Å². The molecule has 2 rings (SSSR count). The Hall–Kier alpha value is -2.04. The van der Waals surface area contributed by atoms with Crippen LogP contribution in [-0.4, -0.2) is 42.9 Å². The van der Waals surface area contributed by atoms with Crippen molar-refractivity contribution in [3.8, 4) is 0 Å². The van der Waals surface area contributed by atoms with Crippen LogP contribution in [0.2, 0.25) is 0 Å². The number of nitrogens with one attached hydrogen (secondary N) is 2.